The molecule has 1 amide bonds. The SMILES string of the molecule is Cc1cnn(C[C@@H]2CCCCN2CC(=O)Nc2nc(C)cs2)c1. The Kier molecular flexibility index (Phi) is 5.07. The quantitative estimate of drug-likeness (QED) is 0.913. The predicted molar refractivity (Wildman–Crippen MR) is 91.7 cm³/mol. The molecule has 2 aromatic rings. The van der Waals surface area contributed by atoms with Gasteiger partial charge in [0.2, 0.25) is 5.91 Å². The third kappa shape index (κ3) is 4.39. The van der Waals surface area contributed by atoms with Gasteiger partial charge in [0.15, 0.2) is 5.13 Å². The van der Waals surface area contributed by atoms with Gasteiger partial charge >= 0.3 is 0 Å². The molecule has 1 N–H and O–H groups in total. The number of aryl methyl sites for hydroxylation is 2. The summed E-state index contributed by atoms with van der Waals surface area (Å²) in [5, 5.41) is 9.91. The van der Waals surface area contributed by atoms with Crippen LogP contribution in [-0.2, 0) is 11.3 Å². The molecule has 3 heterocycles. The fraction of sp³-hybridized carbons (Fsp3) is 0.562. The maximum atomic E-state index is 12.3. The van der Waals surface area contributed by atoms with Gasteiger partial charge in [0.05, 0.1) is 25.0 Å². The maximum absolute atomic E-state index is 12.3. The number of aromatic nitrogens is 3. The Labute approximate surface area is 140 Å². The van der Waals surface area contributed by atoms with E-state index in [2.05, 4.69) is 26.5 Å². The molecule has 0 spiro atoms. The molecular formula is C16H23N5OS. The second-order valence-corrected chi connectivity index (χ2v) is 7.06. The molecule has 1 fully saturated rings. The maximum Gasteiger partial charge on any atom is 0.240 e. The number of piperidine rings is 1. The summed E-state index contributed by atoms with van der Waals surface area (Å²) in [5.74, 6) is 0.0166. The zero-order valence-electron chi connectivity index (χ0n) is 13.7. The average Bonchev–Trinajstić information content (AvgIpc) is 3.10. The van der Waals surface area contributed by atoms with E-state index in [-0.39, 0.29) is 5.91 Å². The van der Waals surface area contributed by atoms with Crippen LogP contribution >= 0.6 is 11.3 Å². The number of carbonyl (C=O) groups is 1. The van der Waals surface area contributed by atoms with Crippen LogP contribution in [-0.4, -0.2) is 44.7 Å². The van der Waals surface area contributed by atoms with Gasteiger partial charge in [-0.25, -0.2) is 4.98 Å². The summed E-state index contributed by atoms with van der Waals surface area (Å²) in [7, 11) is 0. The van der Waals surface area contributed by atoms with Crippen LogP contribution in [0.2, 0.25) is 0 Å². The summed E-state index contributed by atoms with van der Waals surface area (Å²) >= 11 is 1.47. The van der Waals surface area contributed by atoms with Gasteiger partial charge < -0.3 is 5.32 Å². The first-order chi connectivity index (χ1) is 11.1. The Morgan fingerprint density at radius 1 is 1.43 bits per heavy atom. The van der Waals surface area contributed by atoms with E-state index in [1.54, 1.807) is 0 Å². The first kappa shape index (κ1) is 16.1. The van der Waals surface area contributed by atoms with Crippen molar-refractivity contribution in [3.05, 3.63) is 29.0 Å². The van der Waals surface area contributed by atoms with Crippen LogP contribution < -0.4 is 5.32 Å². The van der Waals surface area contributed by atoms with E-state index < -0.39 is 0 Å². The topological polar surface area (TPSA) is 63.1 Å². The third-order valence-electron chi connectivity index (χ3n) is 4.12. The molecule has 1 atom stereocenters. The molecule has 23 heavy (non-hydrogen) atoms. The molecule has 3 rings (SSSR count). The molecule has 0 unspecified atom stereocenters. The van der Waals surface area contributed by atoms with E-state index >= 15 is 0 Å². The predicted octanol–water partition coefficient (Wildman–Crippen LogP) is 2.45. The minimum Gasteiger partial charge on any atom is -0.301 e. The van der Waals surface area contributed by atoms with Crippen LogP contribution in [0, 0.1) is 13.8 Å². The summed E-state index contributed by atoms with van der Waals surface area (Å²) < 4.78 is 1.99. The van der Waals surface area contributed by atoms with Crippen molar-refractivity contribution in [2.75, 3.05) is 18.4 Å². The van der Waals surface area contributed by atoms with Gasteiger partial charge in [-0.1, -0.05) is 6.42 Å². The summed E-state index contributed by atoms with van der Waals surface area (Å²) in [4.78, 5) is 18.8. The Balaban J connectivity index is 1.58. The summed E-state index contributed by atoms with van der Waals surface area (Å²) in [5.41, 5.74) is 2.11. The van der Waals surface area contributed by atoms with E-state index in [1.165, 1.54) is 23.3 Å². The molecule has 0 radical (unpaired) electrons. The first-order valence-electron chi connectivity index (χ1n) is 8.05. The molecule has 0 bridgehead atoms. The Morgan fingerprint density at radius 2 is 2.30 bits per heavy atom. The molecule has 0 aromatic carbocycles. The number of hydrogen-bond donors (Lipinski definition) is 1. The number of nitrogens with one attached hydrogen (secondary N) is 1. The minimum atomic E-state index is 0.0166. The minimum absolute atomic E-state index is 0.0166. The standard InChI is InChI=1S/C16H23N5OS/c1-12-7-17-21(8-12)9-14-5-3-4-6-20(14)10-15(22)19-16-18-13(2)11-23-16/h7-8,11,14H,3-6,9-10H2,1-2H3,(H,18,19,22)/t14-/m0/s1. The lowest BCUT2D eigenvalue weighted by molar-refractivity contribution is -0.118. The fourth-order valence-corrected chi connectivity index (χ4v) is 3.72. The van der Waals surface area contributed by atoms with Crippen LogP contribution in [0.15, 0.2) is 17.8 Å². The zero-order valence-corrected chi connectivity index (χ0v) is 14.5. The highest BCUT2D eigenvalue weighted by Gasteiger charge is 2.25. The average molecular weight is 333 g/mol. The van der Waals surface area contributed by atoms with Crippen molar-refractivity contribution >= 4 is 22.4 Å². The molecule has 1 saturated heterocycles. The zero-order chi connectivity index (χ0) is 16.2. The number of hydrogen-bond acceptors (Lipinski definition) is 5. The fourth-order valence-electron chi connectivity index (χ4n) is 3.01. The van der Waals surface area contributed by atoms with E-state index in [4.69, 9.17) is 0 Å². The molecular weight excluding hydrogens is 310 g/mol. The van der Waals surface area contributed by atoms with Crippen molar-refractivity contribution in [3.8, 4) is 0 Å². The second kappa shape index (κ2) is 7.23. The highest BCUT2D eigenvalue weighted by atomic mass is 32.1. The Morgan fingerprint density at radius 3 is 3.00 bits per heavy atom. The largest absolute Gasteiger partial charge is 0.301 e. The monoisotopic (exact) mass is 333 g/mol. The summed E-state index contributed by atoms with van der Waals surface area (Å²) in [6, 6.07) is 0.367. The highest BCUT2D eigenvalue weighted by Crippen LogP contribution is 2.19. The van der Waals surface area contributed by atoms with Gasteiger partial charge in [-0.05, 0) is 38.8 Å². The number of amides is 1. The number of carbonyl (C=O) groups excluding carboxylic acids is 1. The smallest absolute Gasteiger partial charge is 0.240 e. The molecule has 1 aliphatic rings. The number of anilines is 1. The van der Waals surface area contributed by atoms with Gasteiger partial charge in [-0.15, -0.1) is 11.3 Å². The van der Waals surface area contributed by atoms with Crippen molar-refractivity contribution in [3.63, 3.8) is 0 Å². The van der Waals surface area contributed by atoms with E-state index in [0.29, 0.717) is 17.7 Å². The summed E-state index contributed by atoms with van der Waals surface area (Å²) in [6.45, 7) is 6.21. The van der Waals surface area contributed by atoms with Crippen molar-refractivity contribution in [2.24, 2.45) is 0 Å². The molecule has 7 heteroatoms. The van der Waals surface area contributed by atoms with Crippen LogP contribution in [0.5, 0.6) is 0 Å². The van der Waals surface area contributed by atoms with E-state index in [0.717, 1.165) is 31.6 Å². The third-order valence-corrected chi connectivity index (χ3v) is 5.00. The normalized spacial score (nSPS) is 19.0. The van der Waals surface area contributed by atoms with Crippen LogP contribution in [0.1, 0.15) is 30.5 Å². The lowest BCUT2D eigenvalue weighted by Gasteiger charge is -2.35. The van der Waals surface area contributed by atoms with E-state index in [1.807, 2.05) is 30.1 Å². The van der Waals surface area contributed by atoms with Crippen molar-refractivity contribution in [2.45, 2.75) is 45.7 Å². The van der Waals surface area contributed by atoms with Crippen LogP contribution in [0.25, 0.3) is 0 Å². The van der Waals surface area contributed by atoms with Crippen molar-refractivity contribution < 1.29 is 4.79 Å². The molecule has 2 aromatic heterocycles. The van der Waals surface area contributed by atoms with Gasteiger partial charge in [-0.2, -0.15) is 5.10 Å². The highest BCUT2D eigenvalue weighted by molar-refractivity contribution is 7.13. The molecule has 0 aliphatic carbocycles. The number of likely N-dealkylation sites (tertiary alicyclic amines) is 1. The van der Waals surface area contributed by atoms with Gasteiger partial charge in [0.25, 0.3) is 0 Å². The molecule has 0 saturated carbocycles. The Bertz CT molecular complexity index is 665. The number of thiazole rings is 1. The molecule has 1 aliphatic heterocycles. The molecule has 6 nitrogen and oxygen atoms in total. The van der Waals surface area contributed by atoms with E-state index in [9.17, 15) is 4.79 Å². The van der Waals surface area contributed by atoms with Gasteiger partial charge in [-0.3, -0.25) is 14.4 Å². The van der Waals surface area contributed by atoms with Crippen LogP contribution in [0.3, 0.4) is 0 Å². The van der Waals surface area contributed by atoms with Gasteiger partial charge in [0.1, 0.15) is 0 Å². The van der Waals surface area contributed by atoms with Crippen molar-refractivity contribution in [1.29, 1.82) is 0 Å². The van der Waals surface area contributed by atoms with Crippen molar-refractivity contribution in [1.82, 2.24) is 19.7 Å². The number of rotatable bonds is 5. The molecule has 124 valence electrons. The number of nitrogens with zero attached hydrogens (tertiary/aromatic N) is 4. The first-order valence-corrected chi connectivity index (χ1v) is 8.93. The second-order valence-electron chi connectivity index (χ2n) is 6.20. The lowest BCUT2D eigenvalue weighted by atomic mass is 10.0. The lowest BCUT2D eigenvalue weighted by Crippen LogP contribution is -2.46. The Hall–Kier alpha value is -1.73. The van der Waals surface area contributed by atoms with Gasteiger partial charge in [0, 0.05) is 17.6 Å². The summed E-state index contributed by atoms with van der Waals surface area (Å²) in [6.07, 6.45) is 7.42. The van der Waals surface area contributed by atoms with Crippen LogP contribution in [0.4, 0.5) is 5.13 Å².